The fraction of sp³-hybridized carbons (Fsp3) is 0.477. The molecule has 3 rings (SSSR count). The summed E-state index contributed by atoms with van der Waals surface area (Å²) in [6.07, 6.45) is -4.07. The van der Waals surface area contributed by atoms with E-state index in [1.807, 2.05) is 10.6 Å². The molecule has 2 aromatic rings. The van der Waals surface area contributed by atoms with Crippen LogP contribution in [0.3, 0.4) is 0 Å². The lowest BCUT2D eigenvalue weighted by Crippen LogP contribution is -2.61. The molecule has 0 saturated heterocycles. The topological polar surface area (TPSA) is 341 Å². The lowest BCUT2D eigenvalue weighted by atomic mass is 9.84. The van der Waals surface area contributed by atoms with E-state index in [0.717, 1.165) is 26.2 Å². The lowest BCUT2D eigenvalue weighted by molar-refractivity contribution is -0.151. The third kappa shape index (κ3) is 17.9. The van der Waals surface area contributed by atoms with Crippen LogP contribution in [0, 0.1) is 5.92 Å². The molecule has 10 N–H and O–H groups in total. The molecule has 0 aliphatic heterocycles. The first-order valence-corrected chi connectivity index (χ1v) is 21.3. The van der Waals surface area contributed by atoms with Crippen molar-refractivity contribution in [2.45, 2.75) is 126 Å². The van der Waals surface area contributed by atoms with Gasteiger partial charge in [-0.05, 0) is 36.3 Å². The Labute approximate surface area is 382 Å². The van der Waals surface area contributed by atoms with Gasteiger partial charge in [-0.3, -0.25) is 43.2 Å². The molecule has 1 aliphatic carbocycles. The molecule has 0 spiro atoms. The minimum Gasteiger partial charge on any atom is -0.481 e. The number of nitrogens with one attached hydrogen (secondary N) is 6. The molecule has 6 amide bonds. The number of hydrogen-bond donors (Lipinski definition) is 10. The van der Waals surface area contributed by atoms with Gasteiger partial charge < -0.3 is 52.3 Å². The predicted octanol–water partition coefficient (Wildman–Crippen LogP) is 0.841. The van der Waals surface area contributed by atoms with Crippen LogP contribution in [0.25, 0.3) is 0 Å². The zero-order valence-corrected chi connectivity index (χ0v) is 36.3. The van der Waals surface area contributed by atoms with E-state index >= 15 is 0 Å². The molecule has 0 unspecified atom stereocenters. The standard InChI is InChI=1S/C44H54F2N6O15/c1-23(53)47-36(43(64)65)42(63)49-28(18-20-33(56)57)39(60)52-35(34(25-13-7-3-8-14-25)26-15-9-4-10-16-26)41(62)48-27(17-19-32(54)55)38(59)51-30(21-24-11-5-2-6-12-24)40(61)50-29(22-31(45)46)37(58)44(66)67/h3-4,7-10,13-16,24,27-31,34-36H,2,5-6,11-12,17-22H2,1H3,(H,47,53)(H,48,62)(H,49,63)(H,50,61)(H,51,59)(H,52,60)(H,54,55)(H,56,57)(H,64,65)(H,66,67)/t27-,28-,29-,30-,35-,36+/m0/s1. The maximum Gasteiger partial charge on any atom is 0.374 e. The Hall–Kier alpha value is -7.33. The van der Waals surface area contributed by atoms with Crippen molar-refractivity contribution < 1.29 is 81.9 Å². The second kappa shape index (κ2) is 26.6. The van der Waals surface area contributed by atoms with Gasteiger partial charge in [-0.2, -0.15) is 0 Å². The van der Waals surface area contributed by atoms with Gasteiger partial charge in [0.2, 0.25) is 42.0 Å². The van der Waals surface area contributed by atoms with Crippen LogP contribution in [0.2, 0.25) is 0 Å². The van der Waals surface area contributed by atoms with E-state index in [4.69, 9.17) is 0 Å². The summed E-state index contributed by atoms with van der Waals surface area (Å²) >= 11 is 0. The zero-order chi connectivity index (χ0) is 49.8. The molecular formula is C44H54F2N6O15. The number of Topliss-reactive ketones (excluding diaryl/α,β-unsaturated/α-hetero) is 1. The van der Waals surface area contributed by atoms with E-state index in [-0.39, 0.29) is 12.3 Å². The Morgan fingerprint density at radius 2 is 1.01 bits per heavy atom. The van der Waals surface area contributed by atoms with Gasteiger partial charge in [0.1, 0.15) is 30.2 Å². The molecule has 0 heterocycles. The molecule has 0 bridgehead atoms. The molecule has 364 valence electrons. The van der Waals surface area contributed by atoms with Gasteiger partial charge in [0, 0.05) is 32.1 Å². The molecule has 23 heteroatoms. The van der Waals surface area contributed by atoms with Crippen LogP contribution in [-0.4, -0.2) is 128 Å². The van der Waals surface area contributed by atoms with Crippen molar-refractivity contribution in [3.8, 4) is 0 Å². The van der Waals surface area contributed by atoms with E-state index in [0.29, 0.717) is 24.0 Å². The third-order valence-corrected chi connectivity index (χ3v) is 10.8. The molecule has 1 saturated carbocycles. The SMILES string of the molecule is CC(=O)N[C@@H](C(=O)O)C(=O)N[C@@H](CCC(=O)O)C(=O)N[C@H](C(=O)N[C@@H](CCC(=O)O)C(=O)N[C@@H](CC1CCCCC1)C(=O)N[C@@H](CC(F)F)C(=O)C(=O)O)C(c1ccccc1)c1ccccc1. The average Bonchev–Trinajstić information content (AvgIpc) is 3.27. The number of rotatable bonds is 27. The van der Waals surface area contributed by atoms with Gasteiger partial charge in [0.15, 0.2) is 0 Å². The van der Waals surface area contributed by atoms with Crippen LogP contribution in [0.4, 0.5) is 8.78 Å². The smallest absolute Gasteiger partial charge is 0.374 e. The van der Waals surface area contributed by atoms with Gasteiger partial charge in [0.25, 0.3) is 11.7 Å². The quantitative estimate of drug-likeness (QED) is 0.0438. The number of ketones is 1. The first-order chi connectivity index (χ1) is 31.7. The Bertz CT molecular complexity index is 2070. The van der Waals surface area contributed by atoms with Crippen LogP contribution in [0.15, 0.2) is 60.7 Å². The lowest BCUT2D eigenvalue weighted by Gasteiger charge is -2.32. The van der Waals surface area contributed by atoms with E-state index in [9.17, 15) is 81.9 Å². The number of amides is 6. The van der Waals surface area contributed by atoms with Crippen molar-refractivity contribution in [3.05, 3.63) is 71.8 Å². The van der Waals surface area contributed by atoms with Gasteiger partial charge in [-0.15, -0.1) is 0 Å². The molecule has 1 aliphatic rings. The van der Waals surface area contributed by atoms with Crippen molar-refractivity contribution in [2.75, 3.05) is 0 Å². The molecular weight excluding hydrogens is 891 g/mol. The molecule has 0 aromatic heterocycles. The van der Waals surface area contributed by atoms with Crippen molar-refractivity contribution in [3.63, 3.8) is 0 Å². The predicted molar refractivity (Wildman–Crippen MR) is 228 cm³/mol. The second-order valence-electron chi connectivity index (χ2n) is 15.9. The number of benzene rings is 2. The summed E-state index contributed by atoms with van der Waals surface area (Å²) in [7, 11) is 0. The minimum absolute atomic E-state index is 0.128. The van der Waals surface area contributed by atoms with Gasteiger partial charge >= 0.3 is 23.9 Å². The molecule has 21 nitrogen and oxygen atoms in total. The summed E-state index contributed by atoms with van der Waals surface area (Å²) in [6, 6.07) is 4.45. The summed E-state index contributed by atoms with van der Waals surface area (Å²) in [5.74, 6) is -17.1. The largest absolute Gasteiger partial charge is 0.481 e. The van der Waals surface area contributed by atoms with Crippen LogP contribution < -0.4 is 31.9 Å². The van der Waals surface area contributed by atoms with E-state index < -0.39 is 146 Å². The molecule has 67 heavy (non-hydrogen) atoms. The van der Waals surface area contributed by atoms with Gasteiger partial charge in [-0.1, -0.05) is 92.8 Å². The third-order valence-electron chi connectivity index (χ3n) is 10.8. The van der Waals surface area contributed by atoms with E-state index in [1.54, 1.807) is 60.7 Å². The normalized spacial score (nSPS) is 15.3. The fourth-order valence-electron chi connectivity index (χ4n) is 7.58. The summed E-state index contributed by atoms with van der Waals surface area (Å²) < 4.78 is 26.9. The van der Waals surface area contributed by atoms with Crippen molar-refractivity contribution in [2.24, 2.45) is 5.92 Å². The molecule has 6 atom stereocenters. The highest BCUT2D eigenvalue weighted by molar-refractivity contribution is 6.35. The molecule has 1 fully saturated rings. The number of hydrogen-bond acceptors (Lipinski definition) is 11. The zero-order valence-electron chi connectivity index (χ0n) is 36.3. The van der Waals surface area contributed by atoms with Gasteiger partial charge in [-0.25, -0.2) is 18.4 Å². The number of halogens is 2. The summed E-state index contributed by atoms with van der Waals surface area (Å²) in [5, 5.41) is 51.3. The van der Waals surface area contributed by atoms with Crippen LogP contribution in [0.1, 0.15) is 94.6 Å². The van der Waals surface area contributed by atoms with Crippen molar-refractivity contribution in [1.29, 1.82) is 0 Å². The highest BCUT2D eigenvalue weighted by Crippen LogP contribution is 2.30. The second-order valence-corrected chi connectivity index (χ2v) is 15.9. The van der Waals surface area contributed by atoms with Crippen molar-refractivity contribution >= 4 is 65.1 Å². The van der Waals surface area contributed by atoms with Crippen molar-refractivity contribution in [1.82, 2.24) is 31.9 Å². The minimum atomic E-state index is -3.23. The Kier molecular flexibility index (Phi) is 21.4. The Morgan fingerprint density at radius 3 is 1.46 bits per heavy atom. The van der Waals surface area contributed by atoms with Crippen LogP contribution in [-0.2, 0) is 52.7 Å². The highest BCUT2D eigenvalue weighted by atomic mass is 19.3. The number of carboxylic acid groups (broad SMARTS) is 4. The molecule has 2 aromatic carbocycles. The average molecular weight is 945 g/mol. The number of carbonyl (C=O) groups is 11. The maximum absolute atomic E-state index is 14.8. The Morgan fingerprint density at radius 1 is 0.567 bits per heavy atom. The Balaban J connectivity index is 2.12. The summed E-state index contributed by atoms with van der Waals surface area (Å²) in [6.45, 7) is 0.918. The number of alkyl halides is 2. The van der Waals surface area contributed by atoms with Gasteiger partial charge in [0.05, 0.1) is 0 Å². The number of carboxylic acids is 4. The van der Waals surface area contributed by atoms with Crippen LogP contribution in [0.5, 0.6) is 0 Å². The highest BCUT2D eigenvalue weighted by Gasteiger charge is 2.39. The first kappa shape index (κ1) is 54.0. The summed E-state index contributed by atoms with van der Waals surface area (Å²) in [5.41, 5.74) is 0.753. The summed E-state index contributed by atoms with van der Waals surface area (Å²) in [4.78, 5) is 141. The fourth-order valence-corrected chi connectivity index (χ4v) is 7.58. The first-order valence-electron chi connectivity index (χ1n) is 21.3. The number of carbonyl (C=O) groups excluding carboxylic acids is 7. The monoisotopic (exact) mass is 944 g/mol. The molecule has 0 radical (unpaired) electrons. The van der Waals surface area contributed by atoms with E-state index in [1.165, 1.54) is 0 Å². The van der Waals surface area contributed by atoms with Crippen LogP contribution >= 0.6 is 0 Å². The maximum atomic E-state index is 14.8. The number of aliphatic carboxylic acids is 4. The van der Waals surface area contributed by atoms with E-state index in [2.05, 4.69) is 21.3 Å².